The van der Waals surface area contributed by atoms with E-state index >= 15 is 0 Å². The summed E-state index contributed by atoms with van der Waals surface area (Å²) in [6, 6.07) is 0.774. The van der Waals surface area contributed by atoms with Gasteiger partial charge in [-0.05, 0) is 75.8 Å². The van der Waals surface area contributed by atoms with Crippen LogP contribution in [0.15, 0.2) is 41.1 Å². The van der Waals surface area contributed by atoms with Crippen molar-refractivity contribution in [3.05, 3.63) is 53.0 Å². The number of phosphoric ester groups is 1. The number of amides is 1. The molecule has 1 aromatic rings. The number of allylic oxidation sites excluding steroid dienone is 3. The Balaban J connectivity index is 1.85. The van der Waals surface area contributed by atoms with Crippen molar-refractivity contribution in [2.45, 2.75) is 136 Å². The first-order chi connectivity index (χ1) is 25.1. The van der Waals surface area contributed by atoms with Gasteiger partial charge in [0.05, 0.1) is 45.6 Å². The van der Waals surface area contributed by atoms with Crippen LogP contribution < -0.4 is 5.32 Å². The lowest BCUT2D eigenvalue weighted by atomic mass is 10.0. The minimum absolute atomic E-state index is 0.00994. The summed E-state index contributed by atoms with van der Waals surface area (Å²) in [6.45, 7) is 5.78. The molecule has 0 radical (unpaired) electrons. The Labute approximate surface area is 318 Å². The summed E-state index contributed by atoms with van der Waals surface area (Å²) in [6.07, 6.45) is 24.2. The Bertz CT molecular complexity index is 1410. The van der Waals surface area contributed by atoms with E-state index in [1.54, 1.807) is 38.1 Å². The minimum atomic E-state index is -4.41. The van der Waals surface area contributed by atoms with E-state index in [-0.39, 0.29) is 18.9 Å². The molecule has 0 bridgehead atoms. The summed E-state index contributed by atoms with van der Waals surface area (Å²) in [7, 11) is -1.25. The van der Waals surface area contributed by atoms with Crippen LogP contribution in [0.5, 0.6) is 0 Å². The number of quaternary nitrogens is 1. The predicted molar refractivity (Wildman–Crippen MR) is 213 cm³/mol. The second-order valence-corrected chi connectivity index (χ2v) is 16.7. The number of hydrogen-bond donors (Lipinski definition) is 3. The molecule has 1 aromatic heterocycles. The smallest absolute Gasteiger partial charge is 0.387 e. The fourth-order valence-corrected chi connectivity index (χ4v) is 6.83. The molecule has 1 aliphatic heterocycles. The lowest BCUT2D eigenvalue weighted by Crippen LogP contribution is -2.45. The average molecular weight is 768 g/mol. The molecule has 0 spiro atoms. The third-order valence-corrected chi connectivity index (χ3v) is 10.2. The van der Waals surface area contributed by atoms with Crippen LogP contribution >= 0.6 is 7.82 Å². The van der Waals surface area contributed by atoms with Gasteiger partial charge in [-0.3, -0.25) is 27.5 Å². The molecule has 1 unspecified atom stereocenters. The highest BCUT2D eigenvalue weighted by Crippen LogP contribution is 2.43. The summed E-state index contributed by atoms with van der Waals surface area (Å²) in [5.74, 6) is -0.321. The molecule has 3 atom stereocenters. The van der Waals surface area contributed by atoms with Gasteiger partial charge in [0.1, 0.15) is 13.2 Å². The standard InChI is InChI=1S/C39H66BF2N4O6P/c1-7-8-9-10-11-12-13-14-15-16-17-18-19-23-38(47)36(31-52-53(49,50)51-28-27-46(4,5)6)44-39(48)24-21-20-22-34-25-26-35(43-34)30-37-32(2)29-33(3)45(37)40(41)42/h19,23,25-26,29-30,36,38,47H,7-18,20-22,24,27-28,31H2,1-6H3,(H-,44,48,49,50)/p+1/b23-19+,35-30-/t36-,38+/m0/s1. The second kappa shape index (κ2) is 24.9. The van der Waals surface area contributed by atoms with Gasteiger partial charge in [0, 0.05) is 23.5 Å². The summed E-state index contributed by atoms with van der Waals surface area (Å²) in [5, 5.41) is 13.7. The third-order valence-electron chi connectivity index (χ3n) is 9.25. The van der Waals surface area contributed by atoms with Crippen LogP contribution in [-0.4, -0.2) is 91.0 Å². The number of phosphoric acid groups is 1. The Morgan fingerprint density at radius 1 is 1.00 bits per heavy atom. The van der Waals surface area contributed by atoms with E-state index in [9.17, 15) is 28.0 Å². The number of halogens is 2. The van der Waals surface area contributed by atoms with Crippen molar-refractivity contribution in [3.8, 4) is 0 Å². The molecule has 0 saturated heterocycles. The van der Waals surface area contributed by atoms with Crippen molar-refractivity contribution in [1.29, 1.82) is 0 Å². The quantitative estimate of drug-likeness (QED) is 0.0247. The van der Waals surface area contributed by atoms with Crippen molar-refractivity contribution < 1.29 is 41.5 Å². The molecule has 300 valence electrons. The predicted octanol–water partition coefficient (Wildman–Crippen LogP) is 8.73. The van der Waals surface area contributed by atoms with Gasteiger partial charge >= 0.3 is 15.2 Å². The number of aliphatic hydroxyl groups excluding tert-OH is 1. The first kappa shape index (κ1) is 46.7. The number of aryl methyl sites for hydroxylation is 2. The maximum absolute atomic E-state index is 13.6. The lowest BCUT2D eigenvalue weighted by molar-refractivity contribution is -0.870. The zero-order valence-electron chi connectivity index (χ0n) is 33.2. The topological polar surface area (TPSA) is 122 Å². The first-order valence-corrected chi connectivity index (χ1v) is 21.1. The second-order valence-electron chi connectivity index (χ2n) is 15.2. The van der Waals surface area contributed by atoms with Crippen LogP contribution in [0, 0.1) is 13.8 Å². The summed E-state index contributed by atoms with van der Waals surface area (Å²) in [4.78, 5) is 27.8. The zero-order valence-corrected chi connectivity index (χ0v) is 34.1. The summed E-state index contributed by atoms with van der Waals surface area (Å²) in [5.41, 5.74) is 3.06. The third kappa shape index (κ3) is 20.2. The Hall–Kier alpha value is -2.41. The zero-order chi connectivity index (χ0) is 39.3. The van der Waals surface area contributed by atoms with Gasteiger partial charge in [-0.15, -0.1) is 0 Å². The average Bonchev–Trinajstić information content (AvgIpc) is 3.64. The molecular formula is C39H67BF2N4O6P+. The van der Waals surface area contributed by atoms with Gasteiger partial charge in [0.25, 0.3) is 0 Å². The molecule has 2 rings (SSSR count). The number of nitrogens with zero attached hydrogens (tertiary/aromatic N) is 3. The van der Waals surface area contributed by atoms with Crippen LogP contribution in [0.4, 0.5) is 8.63 Å². The molecule has 14 heteroatoms. The SMILES string of the molecule is CCCCCCCCCCCCC/C=C/[C@@H](O)[C@H](COP(=O)(O)OCC[N+](C)(C)C)NC(=O)CCCCC1=N/C(=C\c2c(C)cc(C)n2B(F)F)C=C1. The molecule has 53 heavy (non-hydrogen) atoms. The monoisotopic (exact) mass is 767 g/mol. The van der Waals surface area contributed by atoms with E-state index in [2.05, 4.69) is 17.2 Å². The van der Waals surface area contributed by atoms with Crippen LogP contribution in [-0.2, 0) is 18.4 Å². The van der Waals surface area contributed by atoms with Gasteiger partial charge in [-0.25, -0.2) is 4.57 Å². The minimum Gasteiger partial charge on any atom is -0.387 e. The van der Waals surface area contributed by atoms with E-state index in [0.717, 1.165) is 35.0 Å². The number of aromatic nitrogens is 1. The van der Waals surface area contributed by atoms with E-state index < -0.39 is 34.0 Å². The maximum atomic E-state index is 13.6. The van der Waals surface area contributed by atoms with E-state index in [4.69, 9.17) is 9.05 Å². The van der Waals surface area contributed by atoms with Crippen molar-refractivity contribution in [2.24, 2.45) is 4.99 Å². The van der Waals surface area contributed by atoms with Crippen LogP contribution in [0.2, 0.25) is 0 Å². The number of likely N-dealkylation sites (N-methyl/N-ethyl adjacent to an activating group) is 1. The van der Waals surface area contributed by atoms with Gasteiger partial charge in [-0.1, -0.05) is 83.3 Å². The Morgan fingerprint density at radius 2 is 1.64 bits per heavy atom. The molecule has 1 aliphatic rings. The van der Waals surface area contributed by atoms with Crippen LogP contribution in [0.3, 0.4) is 0 Å². The molecule has 0 saturated carbocycles. The molecule has 2 heterocycles. The number of aliphatic hydroxyl groups is 1. The first-order valence-electron chi connectivity index (χ1n) is 19.6. The van der Waals surface area contributed by atoms with Gasteiger partial charge < -0.3 is 24.3 Å². The highest BCUT2D eigenvalue weighted by molar-refractivity contribution is 7.47. The number of unbranched alkanes of at least 4 members (excludes halogenated alkanes) is 12. The van der Waals surface area contributed by atoms with E-state index in [1.807, 2.05) is 33.3 Å². The number of nitrogens with one attached hydrogen (secondary N) is 1. The Morgan fingerprint density at radius 3 is 2.26 bits per heavy atom. The normalized spacial score (nSPS) is 16.3. The van der Waals surface area contributed by atoms with Crippen LogP contribution in [0.25, 0.3) is 6.08 Å². The van der Waals surface area contributed by atoms with E-state index in [0.29, 0.717) is 47.4 Å². The highest BCUT2D eigenvalue weighted by Gasteiger charge is 2.28. The highest BCUT2D eigenvalue weighted by atomic mass is 31.2. The number of hydrogen-bond acceptors (Lipinski definition) is 6. The number of carbonyl (C=O) groups is 1. The number of carbonyl (C=O) groups excluding carboxylic acids is 1. The molecule has 0 aliphatic carbocycles. The van der Waals surface area contributed by atoms with E-state index in [1.165, 1.54) is 57.8 Å². The fourth-order valence-electron chi connectivity index (χ4n) is 6.10. The molecular weight excluding hydrogens is 700 g/mol. The van der Waals surface area contributed by atoms with Crippen molar-refractivity contribution >= 4 is 32.9 Å². The maximum Gasteiger partial charge on any atom is 0.677 e. The molecule has 0 aromatic carbocycles. The molecule has 1 amide bonds. The van der Waals surface area contributed by atoms with Crippen LogP contribution in [0.1, 0.15) is 127 Å². The molecule has 0 fully saturated rings. The summed E-state index contributed by atoms with van der Waals surface area (Å²) >= 11 is 0. The van der Waals surface area contributed by atoms with Crippen molar-refractivity contribution in [1.82, 2.24) is 9.79 Å². The number of aliphatic imine (C=N–C) groups is 1. The van der Waals surface area contributed by atoms with Gasteiger partial charge in [0.2, 0.25) is 5.91 Å². The lowest BCUT2D eigenvalue weighted by Gasteiger charge is -2.25. The number of rotatable bonds is 29. The largest absolute Gasteiger partial charge is 0.677 e. The van der Waals surface area contributed by atoms with Gasteiger partial charge in [-0.2, -0.15) is 0 Å². The van der Waals surface area contributed by atoms with Crippen molar-refractivity contribution in [3.63, 3.8) is 0 Å². The summed E-state index contributed by atoms with van der Waals surface area (Å²) < 4.78 is 51.6. The van der Waals surface area contributed by atoms with Crippen molar-refractivity contribution in [2.75, 3.05) is 40.9 Å². The molecule has 3 N–H and O–H groups in total. The Kier molecular flexibility index (Phi) is 22.0. The molecule has 10 nitrogen and oxygen atoms in total. The van der Waals surface area contributed by atoms with Gasteiger partial charge in [0.15, 0.2) is 0 Å². The fraction of sp³-hybridized carbons (Fsp3) is 0.692.